The summed E-state index contributed by atoms with van der Waals surface area (Å²) in [7, 11) is 1.47. The summed E-state index contributed by atoms with van der Waals surface area (Å²) in [6.07, 6.45) is -0.0869. The van der Waals surface area contributed by atoms with Gasteiger partial charge in [-0.05, 0) is 12.1 Å². The van der Waals surface area contributed by atoms with Crippen molar-refractivity contribution in [3.05, 3.63) is 33.9 Å². The highest BCUT2D eigenvalue weighted by Crippen LogP contribution is 2.36. The molecule has 2 atom stereocenters. The van der Waals surface area contributed by atoms with Crippen molar-refractivity contribution >= 4 is 17.3 Å². The molecule has 1 aliphatic heterocycles. The molecule has 110 valence electrons. The standard InChI is InChI=1S/C13H13N3O5/c1-21-9-5-11(13(17)18)15(7-9)10-4-2-3-8(6-14)12(10)16(19)20/h2-4,9,11H,5,7H2,1H3,(H,17,18). The number of carboxylic acids is 1. The number of ether oxygens (including phenoxy) is 1. The van der Waals surface area contributed by atoms with Gasteiger partial charge in [0.15, 0.2) is 0 Å². The van der Waals surface area contributed by atoms with E-state index in [1.54, 1.807) is 6.07 Å². The lowest BCUT2D eigenvalue weighted by Gasteiger charge is -2.23. The van der Waals surface area contributed by atoms with Crippen molar-refractivity contribution in [2.75, 3.05) is 18.6 Å². The molecule has 1 heterocycles. The minimum absolute atomic E-state index is 0.0949. The van der Waals surface area contributed by atoms with Crippen LogP contribution in [0.25, 0.3) is 0 Å². The van der Waals surface area contributed by atoms with Gasteiger partial charge in [0.2, 0.25) is 0 Å². The van der Waals surface area contributed by atoms with Crippen LogP contribution in [0.2, 0.25) is 0 Å². The molecule has 0 amide bonds. The molecule has 1 aromatic carbocycles. The summed E-state index contributed by atoms with van der Waals surface area (Å²) in [5.41, 5.74) is -0.337. The molecule has 8 heteroatoms. The highest BCUT2D eigenvalue weighted by Gasteiger charge is 2.40. The first-order valence-corrected chi connectivity index (χ1v) is 6.19. The second-order valence-electron chi connectivity index (χ2n) is 4.64. The zero-order chi connectivity index (χ0) is 15.6. The van der Waals surface area contributed by atoms with Crippen LogP contribution in [0.4, 0.5) is 11.4 Å². The number of nitriles is 1. The van der Waals surface area contributed by atoms with Crippen LogP contribution in [0.3, 0.4) is 0 Å². The van der Waals surface area contributed by atoms with Crippen LogP contribution in [0.1, 0.15) is 12.0 Å². The van der Waals surface area contributed by atoms with E-state index in [4.69, 9.17) is 10.00 Å². The Morgan fingerprint density at radius 1 is 1.62 bits per heavy atom. The van der Waals surface area contributed by atoms with E-state index in [9.17, 15) is 20.0 Å². The maximum atomic E-state index is 11.4. The zero-order valence-electron chi connectivity index (χ0n) is 11.2. The molecule has 1 aliphatic rings. The fourth-order valence-corrected chi connectivity index (χ4v) is 2.51. The Balaban J connectivity index is 2.52. The Labute approximate surface area is 120 Å². The third-order valence-electron chi connectivity index (χ3n) is 3.51. The number of methoxy groups -OCH3 is 1. The lowest BCUT2D eigenvalue weighted by Crippen LogP contribution is -2.36. The van der Waals surface area contributed by atoms with E-state index in [0.29, 0.717) is 0 Å². The maximum absolute atomic E-state index is 11.4. The third-order valence-corrected chi connectivity index (χ3v) is 3.51. The van der Waals surface area contributed by atoms with Gasteiger partial charge in [-0.1, -0.05) is 6.07 Å². The second kappa shape index (κ2) is 5.76. The van der Waals surface area contributed by atoms with Gasteiger partial charge in [0.25, 0.3) is 0 Å². The number of anilines is 1. The first-order valence-electron chi connectivity index (χ1n) is 6.19. The average Bonchev–Trinajstić information content (AvgIpc) is 2.90. The van der Waals surface area contributed by atoms with E-state index >= 15 is 0 Å². The van der Waals surface area contributed by atoms with E-state index in [1.165, 1.54) is 30.2 Å². The predicted molar refractivity (Wildman–Crippen MR) is 72.0 cm³/mol. The molecule has 0 radical (unpaired) electrons. The molecule has 0 aliphatic carbocycles. The first-order chi connectivity index (χ1) is 9.99. The van der Waals surface area contributed by atoms with Gasteiger partial charge in [-0.2, -0.15) is 5.26 Å². The molecule has 2 unspecified atom stereocenters. The van der Waals surface area contributed by atoms with Gasteiger partial charge in [0, 0.05) is 20.1 Å². The van der Waals surface area contributed by atoms with Gasteiger partial charge in [0.05, 0.1) is 11.0 Å². The molecule has 1 fully saturated rings. The van der Waals surface area contributed by atoms with E-state index in [-0.39, 0.29) is 36.0 Å². The van der Waals surface area contributed by atoms with Crippen LogP contribution in [0.15, 0.2) is 18.2 Å². The Morgan fingerprint density at radius 2 is 2.33 bits per heavy atom. The summed E-state index contributed by atoms with van der Waals surface area (Å²) in [6.45, 7) is 0.225. The molecular formula is C13H13N3O5. The summed E-state index contributed by atoms with van der Waals surface area (Å²) < 4.78 is 5.16. The highest BCUT2D eigenvalue weighted by molar-refractivity contribution is 5.82. The van der Waals surface area contributed by atoms with Gasteiger partial charge in [0.1, 0.15) is 23.4 Å². The van der Waals surface area contributed by atoms with Crippen LogP contribution < -0.4 is 4.90 Å². The van der Waals surface area contributed by atoms with Gasteiger partial charge < -0.3 is 14.7 Å². The van der Waals surface area contributed by atoms with Crippen molar-refractivity contribution in [3.8, 4) is 6.07 Å². The van der Waals surface area contributed by atoms with Gasteiger partial charge in [-0.15, -0.1) is 0 Å². The van der Waals surface area contributed by atoms with Crippen LogP contribution in [-0.4, -0.2) is 41.8 Å². The van der Waals surface area contributed by atoms with E-state index in [1.807, 2.05) is 0 Å². The Morgan fingerprint density at radius 3 is 2.86 bits per heavy atom. The summed E-state index contributed by atoms with van der Waals surface area (Å²) in [6, 6.07) is 5.13. The number of carboxylic acid groups (broad SMARTS) is 1. The molecule has 0 spiro atoms. The second-order valence-corrected chi connectivity index (χ2v) is 4.64. The van der Waals surface area contributed by atoms with Crippen molar-refractivity contribution in [2.45, 2.75) is 18.6 Å². The molecule has 0 aromatic heterocycles. The van der Waals surface area contributed by atoms with Crippen molar-refractivity contribution < 1.29 is 19.6 Å². The molecule has 1 aromatic rings. The molecule has 1 N–H and O–H groups in total. The van der Waals surface area contributed by atoms with Crippen LogP contribution >= 0.6 is 0 Å². The number of rotatable bonds is 4. The Bertz CT molecular complexity index is 625. The fourth-order valence-electron chi connectivity index (χ4n) is 2.51. The van der Waals surface area contributed by atoms with Gasteiger partial charge in [-0.25, -0.2) is 4.79 Å². The van der Waals surface area contributed by atoms with Crippen molar-refractivity contribution in [3.63, 3.8) is 0 Å². The van der Waals surface area contributed by atoms with Crippen LogP contribution in [0.5, 0.6) is 0 Å². The quantitative estimate of drug-likeness (QED) is 0.653. The SMILES string of the molecule is COC1CC(C(=O)O)N(c2cccc(C#N)c2[N+](=O)[O-])C1. The maximum Gasteiger partial charge on any atom is 0.326 e. The number of nitro groups is 1. The summed E-state index contributed by atoms with van der Waals surface area (Å²) in [4.78, 5) is 23.3. The number of para-hydroxylation sites is 1. The van der Waals surface area contributed by atoms with Crippen molar-refractivity contribution in [2.24, 2.45) is 0 Å². The molecule has 0 saturated carbocycles. The normalized spacial score (nSPS) is 21.0. The number of nitro benzene ring substituents is 1. The molecule has 1 saturated heterocycles. The topological polar surface area (TPSA) is 117 Å². The molecule has 2 rings (SSSR count). The van der Waals surface area contributed by atoms with E-state index in [0.717, 1.165) is 0 Å². The molecule has 8 nitrogen and oxygen atoms in total. The largest absolute Gasteiger partial charge is 0.480 e. The molecule has 21 heavy (non-hydrogen) atoms. The van der Waals surface area contributed by atoms with Crippen LogP contribution in [0, 0.1) is 21.4 Å². The smallest absolute Gasteiger partial charge is 0.326 e. The minimum atomic E-state index is -1.08. The highest BCUT2D eigenvalue weighted by atomic mass is 16.6. The number of benzene rings is 1. The van der Waals surface area contributed by atoms with Gasteiger partial charge >= 0.3 is 11.7 Å². The van der Waals surface area contributed by atoms with E-state index in [2.05, 4.69) is 0 Å². The number of aliphatic carboxylic acids is 1. The third kappa shape index (κ3) is 2.64. The number of hydrogen-bond acceptors (Lipinski definition) is 6. The summed E-state index contributed by atoms with van der Waals surface area (Å²) in [5, 5.41) is 29.5. The van der Waals surface area contributed by atoms with Crippen LogP contribution in [-0.2, 0) is 9.53 Å². The number of carbonyl (C=O) groups is 1. The lowest BCUT2D eigenvalue weighted by atomic mass is 10.1. The monoisotopic (exact) mass is 291 g/mol. The summed E-state index contributed by atoms with van der Waals surface area (Å²) in [5.74, 6) is -1.08. The lowest BCUT2D eigenvalue weighted by molar-refractivity contribution is -0.384. The minimum Gasteiger partial charge on any atom is -0.480 e. The summed E-state index contributed by atoms with van der Waals surface area (Å²) >= 11 is 0. The van der Waals surface area contributed by atoms with Crippen molar-refractivity contribution in [1.82, 2.24) is 0 Å². The van der Waals surface area contributed by atoms with E-state index < -0.39 is 16.9 Å². The predicted octanol–water partition coefficient (Wildman–Crippen LogP) is 1.14. The molecular weight excluding hydrogens is 278 g/mol. The Kier molecular flexibility index (Phi) is 4.05. The molecule has 0 bridgehead atoms. The average molecular weight is 291 g/mol. The van der Waals surface area contributed by atoms with Crippen molar-refractivity contribution in [1.29, 1.82) is 5.26 Å². The zero-order valence-corrected chi connectivity index (χ0v) is 11.2. The number of hydrogen-bond donors (Lipinski definition) is 1. The number of nitrogens with zero attached hydrogens (tertiary/aromatic N) is 3. The fraction of sp³-hybridized carbons (Fsp3) is 0.385. The first kappa shape index (κ1) is 14.7. The van der Waals surface area contributed by atoms with Gasteiger partial charge in [-0.3, -0.25) is 10.1 Å². The Hall–Kier alpha value is -2.66.